The molecule has 0 spiro atoms. The molecule has 126 valence electrons. The number of carbonyl (C=O) groups excluding carboxylic acids is 2. The molecule has 2 aromatic rings. The van der Waals surface area contributed by atoms with Crippen molar-refractivity contribution < 1.29 is 14.3 Å². The summed E-state index contributed by atoms with van der Waals surface area (Å²) in [5, 5.41) is 0.641. The zero-order valence-electron chi connectivity index (χ0n) is 13.1. The second kappa shape index (κ2) is 7.23. The molecule has 0 unspecified atom stereocenters. The van der Waals surface area contributed by atoms with Gasteiger partial charge in [0.15, 0.2) is 6.61 Å². The van der Waals surface area contributed by atoms with Crippen LogP contribution in [0, 0.1) is 6.92 Å². The standard InChI is InChI=1S/C17H17ClN2O3S/c1-10-7-12(5-6-13(10)18)23-9-16(21)19-20-17(22)15-8-11-3-2-4-14(11)24-15/h5-8H,2-4,9H2,1H3,(H,19,21)(H,20,22). The third-order valence-electron chi connectivity index (χ3n) is 3.79. The van der Waals surface area contributed by atoms with E-state index in [9.17, 15) is 9.59 Å². The Morgan fingerprint density at radius 2 is 2.08 bits per heavy atom. The number of aryl methyl sites for hydroxylation is 3. The van der Waals surface area contributed by atoms with Gasteiger partial charge in [0, 0.05) is 9.90 Å². The van der Waals surface area contributed by atoms with Crippen LogP contribution in [0.5, 0.6) is 5.75 Å². The Balaban J connectivity index is 1.46. The summed E-state index contributed by atoms with van der Waals surface area (Å²) in [6.07, 6.45) is 3.22. The Morgan fingerprint density at radius 1 is 1.25 bits per heavy atom. The minimum Gasteiger partial charge on any atom is -0.484 e. The summed E-state index contributed by atoms with van der Waals surface area (Å²) >= 11 is 7.42. The highest BCUT2D eigenvalue weighted by Gasteiger charge is 2.18. The van der Waals surface area contributed by atoms with Crippen molar-refractivity contribution >= 4 is 34.8 Å². The van der Waals surface area contributed by atoms with E-state index in [-0.39, 0.29) is 12.5 Å². The van der Waals surface area contributed by atoms with E-state index in [1.165, 1.54) is 21.8 Å². The van der Waals surface area contributed by atoms with Gasteiger partial charge in [-0.05, 0) is 61.6 Å². The van der Waals surface area contributed by atoms with Gasteiger partial charge in [0.2, 0.25) is 0 Å². The predicted molar refractivity (Wildman–Crippen MR) is 93.6 cm³/mol. The molecule has 1 aliphatic carbocycles. The van der Waals surface area contributed by atoms with Gasteiger partial charge in [-0.25, -0.2) is 0 Å². The summed E-state index contributed by atoms with van der Waals surface area (Å²) in [6, 6.07) is 7.05. The zero-order valence-corrected chi connectivity index (χ0v) is 14.7. The summed E-state index contributed by atoms with van der Waals surface area (Å²) < 4.78 is 5.37. The molecular weight excluding hydrogens is 348 g/mol. The number of hydrogen-bond donors (Lipinski definition) is 2. The van der Waals surface area contributed by atoms with Gasteiger partial charge in [0.25, 0.3) is 11.8 Å². The highest BCUT2D eigenvalue weighted by atomic mass is 35.5. The smallest absolute Gasteiger partial charge is 0.279 e. The average Bonchev–Trinajstić information content (AvgIpc) is 3.15. The van der Waals surface area contributed by atoms with Crippen LogP contribution < -0.4 is 15.6 Å². The van der Waals surface area contributed by atoms with Crippen molar-refractivity contribution in [2.45, 2.75) is 26.2 Å². The molecule has 0 radical (unpaired) electrons. The lowest BCUT2D eigenvalue weighted by atomic mass is 10.2. The first kappa shape index (κ1) is 16.8. The van der Waals surface area contributed by atoms with Crippen LogP contribution in [0.1, 0.15) is 32.1 Å². The van der Waals surface area contributed by atoms with Gasteiger partial charge < -0.3 is 4.74 Å². The maximum Gasteiger partial charge on any atom is 0.279 e. The Labute approximate surface area is 148 Å². The highest BCUT2D eigenvalue weighted by molar-refractivity contribution is 7.14. The van der Waals surface area contributed by atoms with Crippen molar-refractivity contribution in [2.75, 3.05) is 6.61 Å². The topological polar surface area (TPSA) is 67.4 Å². The van der Waals surface area contributed by atoms with Crippen molar-refractivity contribution in [1.29, 1.82) is 0 Å². The maximum absolute atomic E-state index is 12.0. The molecule has 1 aliphatic rings. The first-order valence-electron chi connectivity index (χ1n) is 7.62. The van der Waals surface area contributed by atoms with E-state index in [0.717, 1.165) is 24.8 Å². The molecule has 1 aromatic carbocycles. The van der Waals surface area contributed by atoms with Crippen LogP contribution in [0.3, 0.4) is 0 Å². The molecule has 7 heteroatoms. The number of carbonyl (C=O) groups is 2. The van der Waals surface area contributed by atoms with Crippen molar-refractivity contribution in [3.63, 3.8) is 0 Å². The van der Waals surface area contributed by atoms with Crippen LogP contribution in [0.25, 0.3) is 0 Å². The van der Waals surface area contributed by atoms with Gasteiger partial charge in [-0.1, -0.05) is 11.6 Å². The Hall–Kier alpha value is -2.05. The fourth-order valence-corrected chi connectivity index (χ4v) is 3.79. The minimum atomic E-state index is -0.431. The molecule has 0 saturated carbocycles. The zero-order chi connectivity index (χ0) is 17.1. The van der Waals surface area contributed by atoms with Gasteiger partial charge in [-0.3, -0.25) is 20.4 Å². The van der Waals surface area contributed by atoms with Crippen LogP contribution in [0.4, 0.5) is 0 Å². The molecule has 5 nitrogen and oxygen atoms in total. The largest absolute Gasteiger partial charge is 0.484 e. The normalized spacial score (nSPS) is 12.6. The van der Waals surface area contributed by atoms with E-state index in [0.29, 0.717) is 15.6 Å². The van der Waals surface area contributed by atoms with Crippen LogP contribution >= 0.6 is 22.9 Å². The third-order valence-corrected chi connectivity index (χ3v) is 5.45. The van der Waals surface area contributed by atoms with E-state index in [2.05, 4.69) is 10.9 Å². The minimum absolute atomic E-state index is 0.192. The molecule has 0 aliphatic heterocycles. The molecule has 3 rings (SSSR count). The van der Waals surface area contributed by atoms with E-state index in [1.54, 1.807) is 18.2 Å². The quantitative estimate of drug-likeness (QED) is 0.819. The second-order valence-electron chi connectivity index (χ2n) is 5.61. The lowest BCUT2D eigenvalue weighted by Gasteiger charge is -2.09. The monoisotopic (exact) mass is 364 g/mol. The van der Waals surface area contributed by atoms with Crippen LogP contribution in [-0.4, -0.2) is 18.4 Å². The number of fused-ring (bicyclic) bond motifs is 1. The number of ether oxygens (including phenoxy) is 1. The average molecular weight is 365 g/mol. The van der Waals surface area contributed by atoms with E-state index < -0.39 is 5.91 Å². The first-order chi connectivity index (χ1) is 11.5. The van der Waals surface area contributed by atoms with E-state index >= 15 is 0 Å². The summed E-state index contributed by atoms with van der Waals surface area (Å²) in [4.78, 5) is 25.7. The van der Waals surface area contributed by atoms with Gasteiger partial charge in [-0.2, -0.15) is 0 Å². The molecule has 0 fully saturated rings. The molecule has 2 amide bonds. The lowest BCUT2D eigenvalue weighted by molar-refractivity contribution is -0.123. The van der Waals surface area contributed by atoms with Crippen LogP contribution in [0.15, 0.2) is 24.3 Å². The number of benzene rings is 1. The summed E-state index contributed by atoms with van der Waals surface area (Å²) in [5.74, 6) is -0.182. The van der Waals surface area contributed by atoms with Crippen molar-refractivity contribution in [3.05, 3.63) is 50.2 Å². The molecule has 1 aromatic heterocycles. The molecule has 24 heavy (non-hydrogen) atoms. The summed E-state index contributed by atoms with van der Waals surface area (Å²) in [6.45, 7) is 1.66. The van der Waals surface area contributed by atoms with Gasteiger partial charge >= 0.3 is 0 Å². The fraction of sp³-hybridized carbons (Fsp3) is 0.294. The lowest BCUT2D eigenvalue weighted by Crippen LogP contribution is -2.43. The Morgan fingerprint density at radius 3 is 2.83 bits per heavy atom. The van der Waals surface area contributed by atoms with Gasteiger partial charge in [0.1, 0.15) is 5.75 Å². The van der Waals surface area contributed by atoms with Gasteiger partial charge in [0.05, 0.1) is 4.88 Å². The van der Waals surface area contributed by atoms with Crippen molar-refractivity contribution in [2.24, 2.45) is 0 Å². The first-order valence-corrected chi connectivity index (χ1v) is 8.82. The number of nitrogens with one attached hydrogen (secondary N) is 2. The number of hydrogen-bond acceptors (Lipinski definition) is 4. The third kappa shape index (κ3) is 3.88. The highest BCUT2D eigenvalue weighted by Crippen LogP contribution is 2.30. The van der Waals surface area contributed by atoms with E-state index in [4.69, 9.17) is 16.3 Å². The molecule has 0 bridgehead atoms. The SMILES string of the molecule is Cc1cc(OCC(=O)NNC(=O)c2cc3c(s2)CCC3)ccc1Cl. The number of rotatable bonds is 4. The van der Waals surface area contributed by atoms with Crippen LogP contribution in [0.2, 0.25) is 5.02 Å². The fourth-order valence-electron chi connectivity index (χ4n) is 2.52. The predicted octanol–water partition coefficient (Wildman–Crippen LogP) is 3.04. The number of halogens is 1. The molecular formula is C17H17ClN2O3S. The van der Waals surface area contributed by atoms with E-state index in [1.807, 2.05) is 13.0 Å². The Kier molecular flexibility index (Phi) is 5.06. The van der Waals surface area contributed by atoms with Gasteiger partial charge in [-0.15, -0.1) is 11.3 Å². The van der Waals surface area contributed by atoms with Crippen LogP contribution in [-0.2, 0) is 17.6 Å². The molecule has 2 N–H and O–H groups in total. The summed E-state index contributed by atoms with van der Waals surface area (Å²) in [5.41, 5.74) is 6.89. The second-order valence-corrected chi connectivity index (χ2v) is 7.16. The van der Waals surface area contributed by atoms with Crippen molar-refractivity contribution in [1.82, 2.24) is 10.9 Å². The molecule has 0 atom stereocenters. The summed E-state index contributed by atoms with van der Waals surface area (Å²) in [7, 11) is 0. The van der Waals surface area contributed by atoms with Crippen molar-refractivity contribution in [3.8, 4) is 5.75 Å². The molecule has 0 saturated heterocycles. The number of amides is 2. The number of thiophene rings is 1. The maximum atomic E-state index is 12.0. The molecule has 1 heterocycles. The Bertz CT molecular complexity index is 767. The number of hydrazine groups is 1.